The smallest absolute Gasteiger partial charge is 0.306 e. The minimum atomic E-state index is -0.762. The molecule has 0 bridgehead atoms. The summed E-state index contributed by atoms with van der Waals surface area (Å²) in [5.41, 5.74) is 0. The van der Waals surface area contributed by atoms with Gasteiger partial charge in [0.05, 0.1) is 0 Å². The lowest BCUT2D eigenvalue weighted by Crippen LogP contribution is -2.30. The predicted octanol–water partition coefficient (Wildman–Crippen LogP) is 18.9. The first-order valence-electron chi connectivity index (χ1n) is 28.7. The van der Waals surface area contributed by atoms with Gasteiger partial charge in [-0.25, -0.2) is 0 Å². The van der Waals surface area contributed by atoms with Gasteiger partial charge in [0.2, 0.25) is 0 Å². The van der Waals surface area contributed by atoms with Gasteiger partial charge >= 0.3 is 17.9 Å². The third-order valence-electron chi connectivity index (χ3n) is 13.2. The molecule has 0 fully saturated rings. The zero-order valence-electron chi connectivity index (χ0n) is 43.9. The highest BCUT2D eigenvalue weighted by molar-refractivity contribution is 5.71. The summed E-state index contributed by atoms with van der Waals surface area (Å²) in [6.45, 7) is 11.4. The predicted molar refractivity (Wildman–Crippen MR) is 275 cm³/mol. The fourth-order valence-corrected chi connectivity index (χ4v) is 8.87. The SMILES string of the molecule is CCCCCCCCCCCCCCCC(=O)OC[C@H](COC(=O)CCCCCCCCCCCCCCCC(C)C)OC(=O)CCCCCCCCCCCCCCCCC(C)C. The van der Waals surface area contributed by atoms with E-state index in [4.69, 9.17) is 14.2 Å². The lowest BCUT2D eigenvalue weighted by molar-refractivity contribution is -0.167. The summed E-state index contributed by atoms with van der Waals surface area (Å²) in [6.07, 6.45) is 53.7. The van der Waals surface area contributed by atoms with Gasteiger partial charge in [0.1, 0.15) is 13.2 Å². The van der Waals surface area contributed by atoms with Crippen LogP contribution in [0.2, 0.25) is 0 Å². The second-order valence-electron chi connectivity index (χ2n) is 20.9. The highest BCUT2D eigenvalue weighted by Gasteiger charge is 2.19. The van der Waals surface area contributed by atoms with Crippen LogP contribution in [0.15, 0.2) is 0 Å². The highest BCUT2D eigenvalue weighted by Crippen LogP contribution is 2.18. The molecule has 0 saturated heterocycles. The number of hydrogen-bond donors (Lipinski definition) is 0. The molecule has 0 radical (unpaired) electrons. The maximum absolute atomic E-state index is 12.8. The Balaban J connectivity index is 4.30. The fourth-order valence-electron chi connectivity index (χ4n) is 8.87. The van der Waals surface area contributed by atoms with Gasteiger partial charge < -0.3 is 14.2 Å². The van der Waals surface area contributed by atoms with Gasteiger partial charge in [-0.2, -0.15) is 0 Å². The molecule has 6 heteroatoms. The van der Waals surface area contributed by atoms with Gasteiger partial charge in [-0.15, -0.1) is 0 Å². The first kappa shape index (κ1) is 62.4. The molecule has 0 aliphatic carbocycles. The van der Waals surface area contributed by atoms with E-state index in [1.165, 1.54) is 212 Å². The molecule has 0 aliphatic heterocycles. The Morgan fingerprint density at radius 1 is 0.297 bits per heavy atom. The topological polar surface area (TPSA) is 78.9 Å². The third-order valence-corrected chi connectivity index (χ3v) is 13.2. The molecule has 380 valence electrons. The second kappa shape index (κ2) is 50.8. The monoisotopic (exact) mass is 905 g/mol. The molecule has 0 unspecified atom stereocenters. The number of unbranched alkanes of at least 4 members (excludes halogenated alkanes) is 37. The van der Waals surface area contributed by atoms with Crippen molar-refractivity contribution in [1.82, 2.24) is 0 Å². The molecule has 0 aromatic rings. The molecule has 0 heterocycles. The Bertz CT molecular complexity index is 978. The molecule has 0 spiro atoms. The molecule has 0 saturated carbocycles. The fraction of sp³-hybridized carbons (Fsp3) is 0.948. The van der Waals surface area contributed by atoms with Crippen LogP contribution in [0.5, 0.6) is 0 Å². The van der Waals surface area contributed by atoms with Crippen molar-refractivity contribution < 1.29 is 28.6 Å². The minimum absolute atomic E-state index is 0.0626. The molecule has 0 aromatic heterocycles. The van der Waals surface area contributed by atoms with Crippen molar-refractivity contribution >= 4 is 17.9 Å². The molecule has 0 aliphatic rings. The average Bonchev–Trinajstić information content (AvgIpc) is 3.27. The van der Waals surface area contributed by atoms with E-state index in [1.807, 2.05) is 0 Å². The van der Waals surface area contributed by atoms with E-state index in [0.29, 0.717) is 19.3 Å². The average molecular weight is 906 g/mol. The van der Waals surface area contributed by atoms with Crippen molar-refractivity contribution in [3.63, 3.8) is 0 Å². The summed E-state index contributed by atoms with van der Waals surface area (Å²) in [6, 6.07) is 0. The Kier molecular flexibility index (Phi) is 49.6. The molecule has 6 nitrogen and oxygen atoms in total. The molecule has 0 amide bonds. The van der Waals surface area contributed by atoms with E-state index in [9.17, 15) is 14.4 Å². The van der Waals surface area contributed by atoms with E-state index in [1.54, 1.807) is 0 Å². The van der Waals surface area contributed by atoms with Crippen molar-refractivity contribution in [2.45, 2.75) is 330 Å². The minimum Gasteiger partial charge on any atom is -0.462 e. The zero-order valence-corrected chi connectivity index (χ0v) is 43.9. The second-order valence-corrected chi connectivity index (χ2v) is 20.9. The van der Waals surface area contributed by atoms with Crippen molar-refractivity contribution in [2.24, 2.45) is 11.8 Å². The Morgan fingerprint density at radius 2 is 0.516 bits per heavy atom. The van der Waals surface area contributed by atoms with Crippen LogP contribution in [0.25, 0.3) is 0 Å². The van der Waals surface area contributed by atoms with Crippen LogP contribution >= 0.6 is 0 Å². The summed E-state index contributed by atoms with van der Waals surface area (Å²) < 4.78 is 16.9. The zero-order chi connectivity index (χ0) is 46.8. The van der Waals surface area contributed by atoms with E-state index in [-0.39, 0.29) is 31.1 Å². The van der Waals surface area contributed by atoms with E-state index >= 15 is 0 Å². The Labute approximate surface area is 399 Å². The summed E-state index contributed by atoms with van der Waals surface area (Å²) in [5.74, 6) is 0.844. The quantitative estimate of drug-likeness (QED) is 0.0344. The molecule has 0 N–H and O–H groups in total. The summed E-state index contributed by atoms with van der Waals surface area (Å²) >= 11 is 0. The standard InChI is InChI=1S/C58H112O6/c1-6-7-8-9-10-11-12-16-23-28-33-38-43-48-56(59)62-51-55(52-63-57(60)49-44-39-34-29-24-20-15-18-22-27-32-37-42-47-54(4)5)64-58(61)50-45-40-35-30-25-19-14-13-17-21-26-31-36-41-46-53(2)3/h53-55H,6-52H2,1-5H3/t55-/m1/s1. The largest absolute Gasteiger partial charge is 0.462 e. The van der Waals surface area contributed by atoms with Crippen LogP contribution in [-0.2, 0) is 28.6 Å². The molecule has 0 rings (SSSR count). The normalized spacial score (nSPS) is 12.0. The Hall–Kier alpha value is -1.59. The van der Waals surface area contributed by atoms with Gasteiger partial charge in [-0.1, -0.05) is 285 Å². The number of carbonyl (C=O) groups is 3. The van der Waals surface area contributed by atoms with Gasteiger partial charge in [-0.05, 0) is 31.1 Å². The first-order chi connectivity index (χ1) is 31.2. The number of rotatable bonds is 52. The number of hydrogen-bond acceptors (Lipinski definition) is 6. The summed E-state index contributed by atoms with van der Waals surface area (Å²) in [4.78, 5) is 38.1. The lowest BCUT2D eigenvalue weighted by Gasteiger charge is -2.18. The van der Waals surface area contributed by atoms with Crippen LogP contribution in [0.3, 0.4) is 0 Å². The van der Waals surface area contributed by atoms with E-state index < -0.39 is 6.10 Å². The molecular formula is C58H112O6. The van der Waals surface area contributed by atoms with E-state index in [0.717, 1.165) is 69.6 Å². The maximum atomic E-state index is 12.8. The van der Waals surface area contributed by atoms with Crippen LogP contribution in [0, 0.1) is 11.8 Å². The van der Waals surface area contributed by atoms with Gasteiger partial charge in [0.25, 0.3) is 0 Å². The Morgan fingerprint density at radius 3 is 0.766 bits per heavy atom. The van der Waals surface area contributed by atoms with Crippen LogP contribution < -0.4 is 0 Å². The number of esters is 3. The van der Waals surface area contributed by atoms with Gasteiger partial charge in [0, 0.05) is 19.3 Å². The molecule has 0 aromatic carbocycles. The number of ether oxygens (including phenoxy) is 3. The van der Waals surface area contributed by atoms with Crippen molar-refractivity contribution in [3.05, 3.63) is 0 Å². The van der Waals surface area contributed by atoms with Crippen LogP contribution in [-0.4, -0.2) is 37.2 Å². The highest BCUT2D eigenvalue weighted by atomic mass is 16.6. The van der Waals surface area contributed by atoms with Crippen LogP contribution in [0.1, 0.15) is 324 Å². The van der Waals surface area contributed by atoms with Crippen LogP contribution in [0.4, 0.5) is 0 Å². The molecule has 1 atom stereocenters. The summed E-state index contributed by atoms with van der Waals surface area (Å²) in [5, 5.41) is 0. The molecule has 64 heavy (non-hydrogen) atoms. The summed E-state index contributed by atoms with van der Waals surface area (Å²) in [7, 11) is 0. The maximum Gasteiger partial charge on any atom is 0.306 e. The van der Waals surface area contributed by atoms with Crippen molar-refractivity contribution in [3.8, 4) is 0 Å². The lowest BCUT2D eigenvalue weighted by atomic mass is 10.0. The van der Waals surface area contributed by atoms with Gasteiger partial charge in [0.15, 0.2) is 6.10 Å². The van der Waals surface area contributed by atoms with Crippen molar-refractivity contribution in [2.75, 3.05) is 13.2 Å². The number of carbonyl (C=O) groups excluding carboxylic acids is 3. The van der Waals surface area contributed by atoms with Gasteiger partial charge in [-0.3, -0.25) is 14.4 Å². The molecular weight excluding hydrogens is 793 g/mol. The van der Waals surface area contributed by atoms with Crippen molar-refractivity contribution in [1.29, 1.82) is 0 Å². The van der Waals surface area contributed by atoms with E-state index in [2.05, 4.69) is 34.6 Å². The third kappa shape index (κ3) is 51.4. The first-order valence-corrected chi connectivity index (χ1v) is 28.7.